The van der Waals surface area contributed by atoms with Gasteiger partial charge >= 0.3 is 5.97 Å². The second-order valence-corrected chi connectivity index (χ2v) is 7.44. The highest BCUT2D eigenvalue weighted by Crippen LogP contribution is 2.37. The standard InChI is InChI=1S/C25H20FNO4/c1-15-11-20(30-25(29)17-5-4-6-18(26)13-17)14-21-23(15)24(28)22(31-21)12-16-7-9-19(10-8-16)27(2)3/h4-14H,1-3H3/b22-12-. The van der Waals surface area contributed by atoms with Crippen molar-refractivity contribution in [2.75, 3.05) is 19.0 Å². The molecule has 0 amide bonds. The van der Waals surface area contributed by atoms with Crippen molar-refractivity contribution >= 4 is 23.5 Å². The van der Waals surface area contributed by atoms with Crippen LogP contribution in [0.15, 0.2) is 66.4 Å². The van der Waals surface area contributed by atoms with E-state index in [1.807, 2.05) is 43.3 Å². The van der Waals surface area contributed by atoms with E-state index in [0.29, 0.717) is 16.9 Å². The summed E-state index contributed by atoms with van der Waals surface area (Å²) in [4.78, 5) is 27.1. The van der Waals surface area contributed by atoms with Crippen molar-refractivity contribution in [1.29, 1.82) is 0 Å². The summed E-state index contributed by atoms with van der Waals surface area (Å²) in [6.07, 6.45) is 1.68. The maximum absolute atomic E-state index is 13.4. The normalized spacial score (nSPS) is 13.7. The molecule has 0 N–H and O–H groups in total. The van der Waals surface area contributed by atoms with Gasteiger partial charge in [0.05, 0.1) is 11.1 Å². The smallest absolute Gasteiger partial charge is 0.343 e. The highest BCUT2D eigenvalue weighted by atomic mass is 19.1. The molecule has 0 unspecified atom stereocenters. The molecule has 0 fully saturated rings. The third-order valence-corrected chi connectivity index (χ3v) is 4.92. The lowest BCUT2D eigenvalue weighted by Gasteiger charge is -2.11. The molecule has 0 spiro atoms. The first-order chi connectivity index (χ1) is 14.8. The van der Waals surface area contributed by atoms with Crippen molar-refractivity contribution in [3.63, 3.8) is 0 Å². The molecule has 3 aromatic carbocycles. The zero-order chi connectivity index (χ0) is 22.1. The Balaban J connectivity index is 1.58. The molecule has 31 heavy (non-hydrogen) atoms. The molecule has 5 nitrogen and oxygen atoms in total. The molecule has 0 atom stereocenters. The number of esters is 1. The Kier molecular flexibility index (Phi) is 5.29. The van der Waals surface area contributed by atoms with Gasteiger partial charge in [-0.1, -0.05) is 18.2 Å². The van der Waals surface area contributed by atoms with Crippen molar-refractivity contribution in [1.82, 2.24) is 0 Å². The van der Waals surface area contributed by atoms with Crippen LogP contribution in [-0.4, -0.2) is 25.8 Å². The lowest BCUT2D eigenvalue weighted by Crippen LogP contribution is -2.09. The SMILES string of the molecule is Cc1cc(OC(=O)c2cccc(F)c2)cc2c1C(=O)/C(=C/c1ccc(N(C)C)cc1)O2. The first kappa shape index (κ1) is 20.3. The van der Waals surface area contributed by atoms with Crippen LogP contribution in [0.1, 0.15) is 31.8 Å². The van der Waals surface area contributed by atoms with Gasteiger partial charge in [0.25, 0.3) is 0 Å². The van der Waals surface area contributed by atoms with E-state index in [9.17, 15) is 14.0 Å². The van der Waals surface area contributed by atoms with Crippen LogP contribution in [0.25, 0.3) is 6.08 Å². The largest absolute Gasteiger partial charge is 0.452 e. The zero-order valence-electron chi connectivity index (χ0n) is 17.3. The zero-order valence-corrected chi connectivity index (χ0v) is 17.3. The average Bonchev–Trinajstić information content (AvgIpc) is 3.04. The topological polar surface area (TPSA) is 55.8 Å². The highest BCUT2D eigenvalue weighted by molar-refractivity contribution is 6.15. The molecule has 0 radical (unpaired) electrons. The number of hydrogen-bond acceptors (Lipinski definition) is 5. The molecule has 0 aliphatic carbocycles. The van der Waals surface area contributed by atoms with Crippen LogP contribution >= 0.6 is 0 Å². The van der Waals surface area contributed by atoms with Gasteiger partial charge in [-0.15, -0.1) is 0 Å². The van der Waals surface area contributed by atoms with Crippen molar-refractivity contribution < 1.29 is 23.5 Å². The average molecular weight is 417 g/mol. The first-order valence-electron chi connectivity index (χ1n) is 9.66. The van der Waals surface area contributed by atoms with Crippen LogP contribution < -0.4 is 14.4 Å². The molecular formula is C25H20FNO4. The van der Waals surface area contributed by atoms with Gasteiger partial charge in [0, 0.05) is 25.8 Å². The molecule has 0 saturated carbocycles. The van der Waals surface area contributed by atoms with Crippen molar-refractivity contribution in [3.05, 3.63) is 94.5 Å². The first-order valence-corrected chi connectivity index (χ1v) is 9.66. The molecule has 1 aliphatic rings. The van der Waals surface area contributed by atoms with Gasteiger partial charge in [-0.05, 0) is 60.5 Å². The summed E-state index contributed by atoms with van der Waals surface area (Å²) in [5.74, 6) is -0.712. The van der Waals surface area contributed by atoms with Gasteiger partial charge in [0.2, 0.25) is 5.78 Å². The fourth-order valence-corrected chi connectivity index (χ4v) is 3.34. The number of fused-ring (bicyclic) bond motifs is 1. The summed E-state index contributed by atoms with van der Waals surface area (Å²) in [5, 5.41) is 0. The minimum atomic E-state index is -0.695. The fourth-order valence-electron chi connectivity index (χ4n) is 3.34. The number of ether oxygens (including phenoxy) is 2. The number of halogens is 1. The summed E-state index contributed by atoms with van der Waals surface area (Å²) >= 11 is 0. The summed E-state index contributed by atoms with van der Waals surface area (Å²) in [5.41, 5.74) is 3.02. The monoisotopic (exact) mass is 417 g/mol. The lowest BCUT2D eigenvalue weighted by molar-refractivity contribution is 0.0734. The molecule has 0 saturated heterocycles. The summed E-state index contributed by atoms with van der Waals surface area (Å²) in [6, 6.07) is 16.0. The number of anilines is 1. The van der Waals surface area contributed by atoms with E-state index >= 15 is 0 Å². The number of ketones is 1. The van der Waals surface area contributed by atoms with Crippen molar-refractivity contribution in [2.24, 2.45) is 0 Å². The number of Topliss-reactive ketones (excluding diaryl/α,β-unsaturated/α-hetero) is 1. The Hall–Kier alpha value is -3.93. The Bertz CT molecular complexity index is 1210. The quantitative estimate of drug-likeness (QED) is 0.338. The number of benzene rings is 3. The fraction of sp³-hybridized carbons (Fsp3) is 0.120. The second kappa shape index (κ2) is 8.07. The van der Waals surface area contributed by atoms with E-state index < -0.39 is 11.8 Å². The third-order valence-electron chi connectivity index (χ3n) is 4.92. The molecule has 4 rings (SSSR count). The molecule has 6 heteroatoms. The number of carbonyl (C=O) groups excluding carboxylic acids is 2. The number of allylic oxidation sites excluding steroid dienone is 1. The van der Waals surface area contributed by atoms with E-state index in [-0.39, 0.29) is 22.9 Å². The molecule has 3 aromatic rings. The molecule has 0 bridgehead atoms. The number of rotatable bonds is 4. The number of nitrogens with zero attached hydrogens (tertiary/aromatic N) is 1. The van der Waals surface area contributed by atoms with Crippen LogP contribution in [-0.2, 0) is 0 Å². The number of aryl methyl sites for hydroxylation is 1. The minimum absolute atomic E-state index is 0.0944. The van der Waals surface area contributed by atoms with E-state index in [2.05, 4.69) is 0 Å². The molecule has 156 valence electrons. The summed E-state index contributed by atoms with van der Waals surface area (Å²) in [6.45, 7) is 1.74. The Morgan fingerprint density at radius 2 is 1.81 bits per heavy atom. The minimum Gasteiger partial charge on any atom is -0.452 e. The predicted octanol–water partition coefficient (Wildman–Crippen LogP) is 5.04. The Morgan fingerprint density at radius 3 is 2.48 bits per heavy atom. The van der Waals surface area contributed by atoms with Crippen molar-refractivity contribution in [2.45, 2.75) is 6.92 Å². The molecule has 1 aliphatic heterocycles. The van der Waals surface area contributed by atoms with Crippen LogP contribution in [0.5, 0.6) is 11.5 Å². The van der Waals surface area contributed by atoms with Crippen LogP contribution in [0.3, 0.4) is 0 Å². The maximum atomic E-state index is 13.4. The van der Waals surface area contributed by atoms with Gasteiger partial charge in [-0.25, -0.2) is 9.18 Å². The molecule has 1 heterocycles. The number of hydrogen-bond donors (Lipinski definition) is 0. The van der Waals surface area contributed by atoms with Crippen LogP contribution in [0.4, 0.5) is 10.1 Å². The predicted molar refractivity (Wildman–Crippen MR) is 116 cm³/mol. The van der Waals surface area contributed by atoms with Crippen LogP contribution in [0.2, 0.25) is 0 Å². The molecule has 0 aromatic heterocycles. The van der Waals surface area contributed by atoms with Gasteiger partial charge < -0.3 is 14.4 Å². The summed E-state index contributed by atoms with van der Waals surface area (Å²) in [7, 11) is 3.91. The van der Waals surface area contributed by atoms with E-state index in [0.717, 1.165) is 17.3 Å². The van der Waals surface area contributed by atoms with Crippen molar-refractivity contribution in [3.8, 4) is 11.5 Å². The van der Waals surface area contributed by atoms with E-state index in [1.165, 1.54) is 24.3 Å². The van der Waals surface area contributed by atoms with Gasteiger partial charge in [0.1, 0.15) is 17.3 Å². The third kappa shape index (κ3) is 4.19. The number of carbonyl (C=O) groups is 2. The van der Waals surface area contributed by atoms with E-state index in [4.69, 9.17) is 9.47 Å². The van der Waals surface area contributed by atoms with Crippen LogP contribution in [0, 0.1) is 12.7 Å². The second-order valence-electron chi connectivity index (χ2n) is 7.44. The van der Waals surface area contributed by atoms with Gasteiger partial charge in [0.15, 0.2) is 5.76 Å². The Morgan fingerprint density at radius 1 is 1.06 bits per heavy atom. The summed E-state index contributed by atoms with van der Waals surface area (Å²) < 4.78 is 24.5. The van der Waals surface area contributed by atoms with E-state index in [1.54, 1.807) is 19.1 Å². The van der Waals surface area contributed by atoms with Gasteiger partial charge in [-0.2, -0.15) is 0 Å². The van der Waals surface area contributed by atoms with Gasteiger partial charge in [-0.3, -0.25) is 4.79 Å². The maximum Gasteiger partial charge on any atom is 0.343 e. The highest BCUT2D eigenvalue weighted by Gasteiger charge is 2.30. The Labute approximate surface area is 179 Å². The molecular weight excluding hydrogens is 397 g/mol. The lowest BCUT2D eigenvalue weighted by atomic mass is 10.0.